The lowest BCUT2D eigenvalue weighted by Crippen LogP contribution is -2.14. The van der Waals surface area contributed by atoms with Crippen molar-refractivity contribution in [3.8, 4) is 11.1 Å². The average Bonchev–Trinajstić information content (AvgIpc) is 3.23. The zero-order valence-corrected chi connectivity index (χ0v) is 16.2. The number of nitrogens with one attached hydrogen (secondary N) is 2. The van der Waals surface area contributed by atoms with Crippen LogP contribution in [0.4, 0.5) is 5.69 Å². The maximum absolute atomic E-state index is 13.0. The number of rotatable bonds is 6. The number of carboxylic acid groups (broad SMARTS) is 1. The van der Waals surface area contributed by atoms with Crippen LogP contribution in [0.3, 0.4) is 0 Å². The molecule has 5 N–H and O–H groups in total. The van der Waals surface area contributed by atoms with Gasteiger partial charge in [0.2, 0.25) is 0 Å². The Kier molecular flexibility index (Phi) is 5.32. The lowest BCUT2D eigenvalue weighted by Gasteiger charge is -2.12. The largest absolute Gasteiger partial charge is 0.481 e. The number of nitrogens with two attached hydrogens (primary N) is 1. The van der Waals surface area contributed by atoms with Crippen LogP contribution >= 0.6 is 0 Å². The molecule has 1 amide bonds. The van der Waals surface area contributed by atoms with E-state index < -0.39 is 5.97 Å². The number of fused-ring (bicyclic) bond motifs is 1. The zero-order chi connectivity index (χ0) is 21.1. The molecule has 4 rings (SSSR count). The molecule has 4 aromatic rings. The molecule has 6 heteroatoms. The van der Waals surface area contributed by atoms with Crippen molar-refractivity contribution in [3.05, 3.63) is 89.6 Å². The summed E-state index contributed by atoms with van der Waals surface area (Å²) in [6.07, 6.45) is 1.68. The first-order valence-corrected chi connectivity index (χ1v) is 9.56. The molecular weight excluding hydrogens is 378 g/mol. The van der Waals surface area contributed by atoms with Gasteiger partial charge in [-0.25, -0.2) is 0 Å². The lowest BCUT2D eigenvalue weighted by molar-refractivity contribution is -0.136. The van der Waals surface area contributed by atoms with E-state index in [1.54, 1.807) is 24.3 Å². The molecule has 3 aromatic carbocycles. The topological polar surface area (TPSA) is 108 Å². The maximum atomic E-state index is 13.0. The molecular formula is C24H21N3O3. The van der Waals surface area contributed by atoms with E-state index in [-0.39, 0.29) is 12.3 Å². The summed E-state index contributed by atoms with van der Waals surface area (Å²) in [5.74, 6) is -1.25. The molecule has 0 radical (unpaired) electrons. The summed E-state index contributed by atoms with van der Waals surface area (Å²) >= 11 is 0. The average molecular weight is 399 g/mol. The number of aliphatic carboxylic acids is 1. The minimum Gasteiger partial charge on any atom is -0.481 e. The third kappa shape index (κ3) is 3.94. The summed E-state index contributed by atoms with van der Waals surface area (Å²) in [6.45, 7) is 0.433. The van der Waals surface area contributed by atoms with Gasteiger partial charge in [0.05, 0.1) is 11.9 Å². The fourth-order valence-electron chi connectivity index (χ4n) is 3.55. The first-order chi connectivity index (χ1) is 14.5. The Labute approximate surface area is 173 Å². The van der Waals surface area contributed by atoms with Crippen molar-refractivity contribution in [2.24, 2.45) is 5.73 Å². The van der Waals surface area contributed by atoms with Crippen molar-refractivity contribution < 1.29 is 14.7 Å². The molecule has 0 saturated carbocycles. The Morgan fingerprint density at radius 3 is 2.63 bits per heavy atom. The molecule has 0 atom stereocenters. The number of benzene rings is 3. The van der Waals surface area contributed by atoms with E-state index in [1.807, 2.05) is 48.7 Å². The Hall–Kier alpha value is -3.90. The summed E-state index contributed by atoms with van der Waals surface area (Å²) in [5, 5.41) is 12.9. The van der Waals surface area contributed by atoms with Crippen LogP contribution < -0.4 is 11.1 Å². The van der Waals surface area contributed by atoms with Crippen LogP contribution in [0.2, 0.25) is 0 Å². The summed E-state index contributed by atoms with van der Waals surface area (Å²) in [7, 11) is 0. The van der Waals surface area contributed by atoms with Gasteiger partial charge in [-0.3, -0.25) is 9.59 Å². The normalized spacial score (nSPS) is 10.8. The molecule has 0 spiro atoms. The van der Waals surface area contributed by atoms with Crippen LogP contribution in [-0.2, 0) is 17.8 Å². The third-order valence-electron chi connectivity index (χ3n) is 5.00. The van der Waals surface area contributed by atoms with Gasteiger partial charge >= 0.3 is 5.97 Å². The molecule has 0 aliphatic carbocycles. The summed E-state index contributed by atoms with van der Waals surface area (Å²) in [5.41, 5.74) is 11.1. The van der Waals surface area contributed by atoms with Crippen LogP contribution in [0.1, 0.15) is 21.5 Å². The maximum Gasteiger partial charge on any atom is 0.307 e. The standard InChI is InChI=1S/C24H21N3O3/c25-14-15-4-3-6-16(10-15)20-12-19(11-18-8-9-26-23(18)20)24(30)27-21-7-2-1-5-17(21)13-22(28)29/h1-12,26H,13-14,25H2,(H,27,30)(H,28,29). The first-order valence-electron chi connectivity index (χ1n) is 9.56. The van der Waals surface area contributed by atoms with E-state index >= 15 is 0 Å². The molecule has 30 heavy (non-hydrogen) atoms. The third-order valence-corrected chi connectivity index (χ3v) is 5.00. The first kappa shape index (κ1) is 19.4. The molecule has 1 aromatic heterocycles. The van der Waals surface area contributed by atoms with Gasteiger partial charge in [0.25, 0.3) is 5.91 Å². The minimum atomic E-state index is -0.951. The summed E-state index contributed by atoms with van der Waals surface area (Å²) in [4.78, 5) is 27.4. The molecule has 0 aliphatic rings. The van der Waals surface area contributed by atoms with Crippen LogP contribution in [0.25, 0.3) is 22.0 Å². The smallest absolute Gasteiger partial charge is 0.307 e. The van der Waals surface area contributed by atoms with Gasteiger partial charge in [-0.05, 0) is 47.0 Å². The highest BCUT2D eigenvalue weighted by molar-refractivity contribution is 6.09. The van der Waals surface area contributed by atoms with Crippen molar-refractivity contribution in [2.45, 2.75) is 13.0 Å². The summed E-state index contributed by atoms with van der Waals surface area (Å²) in [6, 6.07) is 20.4. The number of carbonyl (C=O) groups excluding carboxylic acids is 1. The molecule has 0 unspecified atom stereocenters. The number of para-hydroxylation sites is 1. The second-order valence-electron chi connectivity index (χ2n) is 7.05. The number of carboxylic acids is 1. The number of H-pyrrole nitrogens is 1. The minimum absolute atomic E-state index is 0.162. The predicted molar refractivity (Wildman–Crippen MR) is 117 cm³/mol. The number of anilines is 1. The Bertz CT molecular complexity index is 1240. The van der Waals surface area contributed by atoms with E-state index in [4.69, 9.17) is 10.8 Å². The molecule has 0 bridgehead atoms. The number of hydrogen-bond donors (Lipinski definition) is 4. The fourth-order valence-corrected chi connectivity index (χ4v) is 3.55. The predicted octanol–water partition coefficient (Wildman–Crippen LogP) is 4.17. The number of amides is 1. The molecule has 6 nitrogen and oxygen atoms in total. The molecule has 150 valence electrons. The van der Waals surface area contributed by atoms with Gasteiger partial charge in [0, 0.05) is 34.9 Å². The highest BCUT2D eigenvalue weighted by Gasteiger charge is 2.15. The zero-order valence-electron chi connectivity index (χ0n) is 16.2. The number of carbonyl (C=O) groups is 2. The number of hydrogen-bond acceptors (Lipinski definition) is 3. The van der Waals surface area contributed by atoms with Gasteiger partial charge in [0.15, 0.2) is 0 Å². The van der Waals surface area contributed by atoms with Crippen molar-refractivity contribution in [1.29, 1.82) is 0 Å². The van der Waals surface area contributed by atoms with E-state index in [9.17, 15) is 9.59 Å². The van der Waals surface area contributed by atoms with E-state index in [0.717, 1.165) is 27.6 Å². The van der Waals surface area contributed by atoms with Gasteiger partial charge in [-0.2, -0.15) is 0 Å². The second-order valence-corrected chi connectivity index (χ2v) is 7.05. The monoisotopic (exact) mass is 399 g/mol. The van der Waals surface area contributed by atoms with Crippen molar-refractivity contribution in [3.63, 3.8) is 0 Å². The SMILES string of the molecule is NCc1cccc(-c2cc(C(=O)Nc3ccccc3CC(=O)O)cc3cc[nH]c23)c1. The van der Waals surface area contributed by atoms with Gasteiger partial charge < -0.3 is 21.1 Å². The van der Waals surface area contributed by atoms with Crippen LogP contribution in [0.15, 0.2) is 72.9 Å². The van der Waals surface area contributed by atoms with Crippen LogP contribution in [0, 0.1) is 0 Å². The Balaban J connectivity index is 1.73. The number of aromatic nitrogens is 1. The summed E-state index contributed by atoms with van der Waals surface area (Å²) < 4.78 is 0. The van der Waals surface area contributed by atoms with Crippen LogP contribution in [-0.4, -0.2) is 22.0 Å². The van der Waals surface area contributed by atoms with Gasteiger partial charge in [-0.1, -0.05) is 36.4 Å². The quantitative estimate of drug-likeness (QED) is 0.390. The highest BCUT2D eigenvalue weighted by Crippen LogP contribution is 2.30. The van der Waals surface area contributed by atoms with E-state index in [0.29, 0.717) is 23.4 Å². The molecule has 1 heterocycles. The lowest BCUT2D eigenvalue weighted by atomic mass is 9.98. The van der Waals surface area contributed by atoms with E-state index in [2.05, 4.69) is 10.3 Å². The molecule has 0 aliphatic heterocycles. The van der Waals surface area contributed by atoms with Crippen LogP contribution in [0.5, 0.6) is 0 Å². The van der Waals surface area contributed by atoms with Crippen molar-refractivity contribution in [2.75, 3.05) is 5.32 Å². The van der Waals surface area contributed by atoms with Crippen molar-refractivity contribution in [1.82, 2.24) is 4.98 Å². The molecule has 0 fully saturated rings. The van der Waals surface area contributed by atoms with Gasteiger partial charge in [0.1, 0.15) is 0 Å². The Morgan fingerprint density at radius 2 is 1.83 bits per heavy atom. The fraction of sp³-hybridized carbons (Fsp3) is 0.0833. The van der Waals surface area contributed by atoms with Crippen molar-refractivity contribution >= 4 is 28.5 Å². The Morgan fingerprint density at radius 1 is 1.00 bits per heavy atom. The van der Waals surface area contributed by atoms with Gasteiger partial charge in [-0.15, -0.1) is 0 Å². The highest BCUT2D eigenvalue weighted by atomic mass is 16.4. The van der Waals surface area contributed by atoms with E-state index in [1.165, 1.54) is 0 Å². The number of aromatic amines is 1. The second kappa shape index (κ2) is 8.23. The molecule has 0 saturated heterocycles.